The molecule has 0 atom stereocenters. The number of rotatable bonds is 5. The first-order valence-corrected chi connectivity index (χ1v) is 6.58. The Kier molecular flexibility index (Phi) is 4.37. The first-order valence-electron chi connectivity index (χ1n) is 6.58. The maximum atomic E-state index is 10.5. The molecule has 0 aliphatic carbocycles. The van der Waals surface area contributed by atoms with Crippen molar-refractivity contribution in [2.75, 3.05) is 13.1 Å². The molecule has 2 heterocycles. The van der Waals surface area contributed by atoms with E-state index in [2.05, 4.69) is 11.8 Å². The minimum atomic E-state index is 0.431. The van der Waals surface area contributed by atoms with Crippen LogP contribution in [-0.2, 0) is 6.54 Å². The van der Waals surface area contributed by atoms with Crippen LogP contribution in [0.25, 0.3) is 0 Å². The number of carbonyl (C=O) groups excluding carboxylic acids is 1. The van der Waals surface area contributed by atoms with Gasteiger partial charge in [0.25, 0.3) is 0 Å². The fourth-order valence-electron chi connectivity index (χ4n) is 2.60. The second kappa shape index (κ2) is 6.01. The average molecular weight is 235 g/mol. The number of carbonyl (C=O) groups is 1. The predicted molar refractivity (Wildman–Crippen MR) is 67.0 cm³/mol. The highest BCUT2D eigenvalue weighted by atomic mass is 16.3. The maximum Gasteiger partial charge on any atom is 0.185 e. The van der Waals surface area contributed by atoms with Gasteiger partial charge in [0.1, 0.15) is 5.76 Å². The number of hydrogen-bond donors (Lipinski definition) is 0. The second-order valence-electron chi connectivity index (χ2n) is 4.93. The Labute approximate surface area is 103 Å². The molecule has 3 nitrogen and oxygen atoms in total. The zero-order valence-corrected chi connectivity index (χ0v) is 10.5. The summed E-state index contributed by atoms with van der Waals surface area (Å²) in [7, 11) is 0. The first kappa shape index (κ1) is 12.4. The maximum absolute atomic E-state index is 10.5. The van der Waals surface area contributed by atoms with E-state index in [1.165, 1.54) is 25.7 Å². The van der Waals surface area contributed by atoms with Crippen molar-refractivity contribution in [1.29, 1.82) is 0 Å². The van der Waals surface area contributed by atoms with E-state index in [1.54, 1.807) is 6.07 Å². The van der Waals surface area contributed by atoms with Crippen LogP contribution in [0.15, 0.2) is 16.5 Å². The summed E-state index contributed by atoms with van der Waals surface area (Å²) in [6.07, 6.45) is 6.02. The summed E-state index contributed by atoms with van der Waals surface area (Å²) < 4.78 is 5.40. The van der Waals surface area contributed by atoms with Gasteiger partial charge in [0, 0.05) is 0 Å². The third-order valence-electron chi connectivity index (χ3n) is 3.58. The lowest BCUT2D eigenvalue weighted by Gasteiger charge is -2.31. The molecular formula is C14H21NO2. The highest BCUT2D eigenvalue weighted by molar-refractivity contribution is 5.70. The molecule has 3 heteroatoms. The van der Waals surface area contributed by atoms with Crippen LogP contribution in [0.4, 0.5) is 0 Å². The molecule has 17 heavy (non-hydrogen) atoms. The Bertz CT molecular complexity index is 351. The van der Waals surface area contributed by atoms with Gasteiger partial charge in [0.2, 0.25) is 0 Å². The van der Waals surface area contributed by atoms with Crippen molar-refractivity contribution in [3.63, 3.8) is 0 Å². The van der Waals surface area contributed by atoms with E-state index in [0.717, 1.165) is 37.6 Å². The third-order valence-corrected chi connectivity index (χ3v) is 3.58. The normalized spacial score (nSPS) is 18.4. The van der Waals surface area contributed by atoms with Crippen LogP contribution >= 0.6 is 0 Å². The molecule has 1 aromatic rings. The quantitative estimate of drug-likeness (QED) is 0.735. The number of furan rings is 1. The van der Waals surface area contributed by atoms with E-state index in [9.17, 15) is 4.79 Å². The largest absolute Gasteiger partial charge is 0.457 e. The molecule has 1 fully saturated rings. The lowest BCUT2D eigenvalue weighted by atomic mass is 9.92. The van der Waals surface area contributed by atoms with Gasteiger partial charge in [-0.05, 0) is 44.0 Å². The van der Waals surface area contributed by atoms with E-state index < -0.39 is 0 Å². The third kappa shape index (κ3) is 3.43. The summed E-state index contributed by atoms with van der Waals surface area (Å²) >= 11 is 0. The van der Waals surface area contributed by atoms with Gasteiger partial charge in [-0.2, -0.15) is 0 Å². The average Bonchev–Trinajstić information content (AvgIpc) is 2.80. The van der Waals surface area contributed by atoms with Crippen LogP contribution in [0.5, 0.6) is 0 Å². The van der Waals surface area contributed by atoms with Crippen molar-refractivity contribution in [1.82, 2.24) is 4.90 Å². The Morgan fingerprint density at radius 1 is 1.41 bits per heavy atom. The highest BCUT2D eigenvalue weighted by Gasteiger charge is 2.19. The molecule has 1 aliphatic rings. The van der Waals surface area contributed by atoms with Crippen molar-refractivity contribution >= 4 is 6.29 Å². The lowest BCUT2D eigenvalue weighted by molar-refractivity contribution is 0.109. The summed E-state index contributed by atoms with van der Waals surface area (Å²) in [6, 6.07) is 3.65. The summed E-state index contributed by atoms with van der Waals surface area (Å²) in [5, 5.41) is 0. The number of nitrogens with zero attached hydrogens (tertiary/aromatic N) is 1. The van der Waals surface area contributed by atoms with Crippen molar-refractivity contribution in [2.45, 2.75) is 39.2 Å². The van der Waals surface area contributed by atoms with Crippen LogP contribution in [0, 0.1) is 5.92 Å². The minimum Gasteiger partial charge on any atom is -0.457 e. The summed E-state index contributed by atoms with van der Waals surface area (Å²) in [5.41, 5.74) is 0. The van der Waals surface area contributed by atoms with Gasteiger partial charge < -0.3 is 4.42 Å². The number of likely N-dealkylation sites (tertiary alicyclic amines) is 1. The van der Waals surface area contributed by atoms with Crippen molar-refractivity contribution in [3.05, 3.63) is 23.7 Å². The van der Waals surface area contributed by atoms with Gasteiger partial charge in [0.05, 0.1) is 6.54 Å². The molecule has 0 amide bonds. The van der Waals surface area contributed by atoms with E-state index in [4.69, 9.17) is 4.42 Å². The zero-order chi connectivity index (χ0) is 12.1. The topological polar surface area (TPSA) is 33.5 Å². The monoisotopic (exact) mass is 235 g/mol. The molecule has 0 radical (unpaired) electrons. The summed E-state index contributed by atoms with van der Waals surface area (Å²) in [5.74, 6) is 2.25. The van der Waals surface area contributed by atoms with Crippen molar-refractivity contribution in [3.8, 4) is 0 Å². The fraction of sp³-hybridized carbons (Fsp3) is 0.643. The molecule has 0 bridgehead atoms. The Morgan fingerprint density at radius 2 is 2.18 bits per heavy atom. The minimum absolute atomic E-state index is 0.431. The fourth-order valence-corrected chi connectivity index (χ4v) is 2.60. The summed E-state index contributed by atoms with van der Waals surface area (Å²) in [6.45, 7) is 5.41. The number of piperidine rings is 1. The Hall–Kier alpha value is -1.09. The lowest BCUT2D eigenvalue weighted by Crippen LogP contribution is -2.33. The van der Waals surface area contributed by atoms with Gasteiger partial charge in [-0.25, -0.2) is 0 Å². The van der Waals surface area contributed by atoms with E-state index in [-0.39, 0.29) is 0 Å². The second-order valence-corrected chi connectivity index (χ2v) is 4.93. The van der Waals surface area contributed by atoms with Gasteiger partial charge in [-0.15, -0.1) is 0 Å². The first-order chi connectivity index (χ1) is 8.31. The van der Waals surface area contributed by atoms with Crippen molar-refractivity contribution in [2.24, 2.45) is 5.92 Å². The number of aldehydes is 1. The molecule has 1 saturated heterocycles. The zero-order valence-electron chi connectivity index (χ0n) is 10.5. The van der Waals surface area contributed by atoms with Crippen molar-refractivity contribution < 1.29 is 9.21 Å². The van der Waals surface area contributed by atoms with Gasteiger partial charge in [-0.1, -0.05) is 19.8 Å². The van der Waals surface area contributed by atoms with E-state index in [1.807, 2.05) is 6.07 Å². The smallest absolute Gasteiger partial charge is 0.185 e. The van der Waals surface area contributed by atoms with Crippen LogP contribution in [0.1, 0.15) is 48.9 Å². The molecule has 2 rings (SSSR count). The Morgan fingerprint density at radius 3 is 2.76 bits per heavy atom. The molecule has 1 aliphatic heterocycles. The highest BCUT2D eigenvalue weighted by Crippen LogP contribution is 2.23. The van der Waals surface area contributed by atoms with Crippen LogP contribution < -0.4 is 0 Å². The molecular weight excluding hydrogens is 214 g/mol. The summed E-state index contributed by atoms with van der Waals surface area (Å²) in [4.78, 5) is 12.9. The SMILES string of the molecule is CCCC1CCN(Cc2ccc(C=O)o2)CC1. The molecule has 0 unspecified atom stereocenters. The molecule has 0 N–H and O–H groups in total. The standard InChI is InChI=1S/C14H21NO2/c1-2-3-12-6-8-15(9-7-12)10-13-4-5-14(11-16)17-13/h4-5,11-12H,2-3,6-10H2,1H3. The molecule has 1 aromatic heterocycles. The molecule has 0 spiro atoms. The van der Waals surface area contributed by atoms with E-state index in [0.29, 0.717) is 5.76 Å². The molecule has 0 aromatic carbocycles. The van der Waals surface area contributed by atoms with E-state index >= 15 is 0 Å². The Balaban J connectivity index is 1.79. The van der Waals surface area contributed by atoms with Gasteiger partial charge in [0.15, 0.2) is 12.0 Å². The van der Waals surface area contributed by atoms with Crippen LogP contribution in [-0.4, -0.2) is 24.3 Å². The van der Waals surface area contributed by atoms with Crippen LogP contribution in [0.3, 0.4) is 0 Å². The number of hydrogen-bond acceptors (Lipinski definition) is 3. The molecule has 94 valence electrons. The van der Waals surface area contributed by atoms with Gasteiger partial charge >= 0.3 is 0 Å². The van der Waals surface area contributed by atoms with Gasteiger partial charge in [-0.3, -0.25) is 9.69 Å². The molecule has 0 saturated carbocycles. The predicted octanol–water partition coefficient (Wildman–Crippen LogP) is 3.10. The van der Waals surface area contributed by atoms with Crippen LogP contribution in [0.2, 0.25) is 0 Å².